The summed E-state index contributed by atoms with van der Waals surface area (Å²) in [7, 11) is 0. The van der Waals surface area contributed by atoms with Crippen LogP contribution in [0.5, 0.6) is 0 Å². The van der Waals surface area contributed by atoms with E-state index in [1.54, 1.807) is 6.07 Å². The van der Waals surface area contributed by atoms with E-state index in [1.807, 2.05) is 6.92 Å². The third kappa shape index (κ3) is 3.82. The Bertz CT molecular complexity index is 392. The summed E-state index contributed by atoms with van der Waals surface area (Å²) in [6.45, 7) is 2.90. The Morgan fingerprint density at radius 1 is 1.33 bits per heavy atom. The predicted molar refractivity (Wildman–Crippen MR) is 72.9 cm³/mol. The smallest absolute Gasteiger partial charge is 0.134 e. The standard InChI is InChI=1S/C13H20ClN3O/c1-2-12-16-11(14)7-13(17-12)15-8-9-3-5-10(18)6-4-9/h7,9-10,18H,2-6,8H2,1H3,(H,15,16,17). The second kappa shape index (κ2) is 6.34. The molecule has 0 atom stereocenters. The van der Waals surface area contributed by atoms with Crippen LogP contribution < -0.4 is 5.32 Å². The summed E-state index contributed by atoms with van der Waals surface area (Å²) < 4.78 is 0. The zero-order valence-corrected chi connectivity index (χ0v) is 11.5. The molecular formula is C13H20ClN3O. The average Bonchev–Trinajstić information content (AvgIpc) is 2.37. The van der Waals surface area contributed by atoms with Crippen LogP contribution in [0, 0.1) is 5.92 Å². The van der Waals surface area contributed by atoms with E-state index in [2.05, 4.69) is 15.3 Å². The van der Waals surface area contributed by atoms with Crippen LogP contribution in [0.1, 0.15) is 38.4 Å². The van der Waals surface area contributed by atoms with Crippen LogP contribution in [0.15, 0.2) is 6.07 Å². The minimum absolute atomic E-state index is 0.0959. The van der Waals surface area contributed by atoms with Crippen molar-refractivity contribution in [2.75, 3.05) is 11.9 Å². The predicted octanol–water partition coefficient (Wildman–Crippen LogP) is 2.66. The number of halogens is 1. The van der Waals surface area contributed by atoms with Crippen molar-refractivity contribution in [3.8, 4) is 0 Å². The Morgan fingerprint density at radius 3 is 2.72 bits per heavy atom. The topological polar surface area (TPSA) is 58.0 Å². The molecule has 1 aromatic rings. The molecule has 0 amide bonds. The number of aliphatic hydroxyl groups excluding tert-OH is 1. The minimum atomic E-state index is -0.0959. The number of anilines is 1. The first-order valence-corrected chi connectivity index (χ1v) is 7.00. The lowest BCUT2D eigenvalue weighted by atomic mass is 9.87. The maximum atomic E-state index is 9.46. The van der Waals surface area contributed by atoms with Gasteiger partial charge < -0.3 is 10.4 Å². The lowest BCUT2D eigenvalue weighted by Crippen LogP contribution is -2.23. The van der Waals surface area contributed by atoms with Crippen molar-refractivity contribution < 1.29 is 5.11 Å². The molecule has 2 N–H and O–H groups in total. The lowest BCUT2D eigenvalue weighted by molar-refractivity contribution is 0.111. The first kappa shape index (κ1) is 13.6. The average molecular weight is 270 g/mol. The molecule has 5 heteroatoms. The summed E-state index contributed by atoms with van der Waals surface area (Å²) in [5, 5.41) is 13.3. The maximum absolute atomic E-state index is 9.46. The van der Waals surface area contributed by atoms with Crippen molar-refractivity contribution >= 4 is 17.4 Å². The van der Waals surface area contributed by atoms with Crippen LogP contribution in [-0.2, 0) is 6.42 Å². The Hall–Kier alpha value is -0.870. The highest BCUT2D eigenvalue weighted by Gasteiger charge is 2.19. The van der Waals surface area contributed by atoms with Gasteiger partial charge in [-0.3, -0.25) is 0 Å². The van der Waals surface area contributed by atoms with E-state index in [1.165, 1.54) is 0 Å². The number of hydrogen-bond acceptors (Lipinski definition) is 4. The molecule has 18 heavy (non-hydrogen) atoms. The SMILES string of the molecule is CCc1nc(Cl)cc(NCC2CCC(O)CC2)n1. The monoisotopic (exact) mass is 269 g/mol. The van der Waals surface area contributed by atoms with Crippen LogP contribution in [0.3, 0.4) is 0 Å². The molecule has 2 rings (SSSR count). The molecule has 1 aromatic heterocycles. The number of hydrogen-bond donors (Lipinski definition) is 2. The number of aliphatic hydroxyl groups is 1. The zero-order chi connectivity index (χ0) is 13.0. The number of nitrogens with one attached hydrogen (secondary N) is 1. The molecule has 1 aliphatic carbocycles. The Balaban J connectivity index is 1.88. The first-order valence-electron chi connectivity index (χ1n) is 6.62. The van der Waals surface area contributed by atoms with E-state index in [0.717, 1.165) is 50.3 Å². The Kier molecular flexibility index (Phi) is 4.78. The molecule has 1 aliphatic rings. The molecule has 0 aliphatic heterocycles. The minimum Gasteiger partial charge on any atom is -0.393 e. The van der Waals surface area contributed by atoms with Gasteiger partial charge in [-0.25, -0.2) is 9.97 Å². The van der Waals surface area contributed by atoms with Gasteiger partial charge >= 0.3 is 0 Å². The van der Waals surface area contributed by atoms with Crippen LogP contribution in [-0.4, -0.2) is 27.7 Å². The van der Waals surface area contributed by atoms with Crippen LogP contribution in [0.2, 0.25) is 5.15 Å². The van der Waals surface area contributed by atoms with E-state index < -0.39 is 0 Å². The van der Waals surface area contributed by atoms with Gasteiger partial charge in [0.1, 0.15) is 16.8 Å². The number of aromatic nitrogens is 2. The second-order valence-electron chi connectivity index (χ2n) is 4.90. The first-order chi connectivity index (χ1) is 8.67. The van der Waals surface area contributed by atoms with E-state index in [0.29, 0.717) is 11.1 Å². The molecule has 0 radical (unpaired) electrons. The highest BCUT2D eigenvalue weighted by molar-refractivity contribution is 6.29. The van der Waals surface area contributed by atoms with Crippen molar-refractivity contribution in [2.24, 2.45) is 5.92 Å². The molecule has 1 heterocycles. The fourth-order valence-corrected chi connectivity index (χ4v) is 2.51. The number of nitrogens with zero attached hydrogens (tertiary/aromatic N) is 2. The molecular weight excluding hydrogens is 250 g/mol. The van der Waals surface area contributed by atoms with E-state index in [4.69, 9.17) is 11.6 Å². The van der Waals surface area contributed by atoms with E-state index >= 15 is 0 Å². The molecule has 1 fully saturated rings. The van der Waals surface area contributed by atoms with Crippen molar-refractivity contribution in [3.05, 3.63) is 17.0 Å². The fraction of sp³-hybridized carbons (Fsp3) is 0.692. The van der Waals surface area contributed by atoms with Gasteiger partial charge in [-0.2, -0.15) is 0 Å². The summed E-state index contributed by atoms with van der Waals surface area (Å²) in [6, 6.07) is 1.76. The van der Waals surface area contributed by atoms with Crippen LogP contribution in [0.25, 0.3) is 0 Å². The number of aryl methyl sites for hydroxylation is 1. The molecule has 0 aromatic carbocycles. The van der Waals surface area contributed by atoms with Gasteiger partial charge in [-0.15, -0.1) is 0 Å². The Morgan fingerprint density at radius 2 is 2.06 bits per heavy atom. The third-order valence-electron chi connectivity index (χ3n) is 3.45. The highest BCUT2D eigenvalue weighted by Crippen LogP contribution is 2.24. The van der Waals surface area contributed by atoms with Gasteiger partial charge in [0.2, 0.25) is 0 Å². The molecule has 0 saturated heterocycles. The summed E-state index contributed by atoms with van der Waals surface area (Å²) >= 11 is 5.95. The number of rotatable bonds is 4. The molecule has 1 saturated carbocycles. The molecule has 0 bridgehead atoms. The van der Waals surface area contributed by atoms with Crippen LogP contribution >= 0.6 is 11.6 Å². The van der Waals surface area contributed by atoms with Gasteiger partial charge in [-0.05, 0) is 31.6 Å². The molecule has 0 unspecified atom stereocenters. The summed E-state index contributed by atoms with van der Waals surface area (Å²) in [5.41, 5.74) is 0. The zero-order valence-electron chi connectivity index (χ0n) is 10.7. The van der Waals surface area contributed by atoms with Gasteiger partial charge in [0.25, 0.3) is 0 Å². The van der Waals surface area contributed by atoms with Gasteiger partial charge in [0, 0.05) is 19.0 Å². The Labute approximate surface area is 113 Å². The third-order valence-corrected chi connectivity index (χ3v) is 3.64. The summed E-state index contributed by atoms with van der Waals surface area (Å²) in [4.78, 5) is 8.53. The van der Waals surface area contributed by atoms with Crippen molar-refractivity contribution in [1.82, 2.24) is 9.97 Å². The highest BCUT2D eigenvalue weighted by atomic mass is 35.5. The largest absolute Gasteiger partial charge is 0.393 e. The van der Waals surface area contributed by atoms with Gasteiger partial charge in [-0.1, -0.05) is 18.5 Å². The maximum Gasteiger partial charge on any atom is 0.134 e. The van der Waals surface area contributed by atoms with Crippen LogP contribution in [0.4, 0.5) is 5.82 Å². The fourth-order valence-electron chi connectivity index (χ4n) is 2.31. The quantitative estimate of drug-likeness (QED) is 0.825. The molecule has 100 valence electrons. The summed E-state index contributed by atoms with van der Waals surface area (Å²) in [6.07, 6.45) is 4.67. The molecule has 0 spiro atoms. The van der Waals surface area contributed by atoms with Crippen molar-refractivity contribution in [2.45, 2.75) is 45.1 Å². The molecule has 4 nitrogen and oxygen atoms in total. The second-order valence-corrected chi connectivity index (χ2v) is 5.29. The van der Waals surface area contributed by atoms with Gasteiger partial charge in [0.15, 0.2) is 0 Å². The van der Waals surface area contributed by atoms with Crippen molar-refractivity contribution in [1.29, 1.82) is 0 Å². The normalized spacial score (nSPS) is 23.9. The lowest BCUT2D eigenvalue weighted by Gasteiger charge is -2.25. The van der Waals surface area contributed by atoms with Crippen molar-refractivity contribution in [3.63, 3.8) is 0 Å². The van der Waals surface area contributed by atoms with E-state index in [-0.39, 0.29) is 6.10 Å². The van der Waals surface area contributed by atoms with E-state index in [9.17, 15) is 5.11 Å². The summed E-state index contributed by atoms with van der Waals surface area (Å²) in [5.74, 6) is 2.19. The van der Waals surface area contributed by atoms with Gasteiger partial charge in [0.05, 0.1) is 6.10 Å².